The molecule has 2 nitrogen and oxygen atoms in total. The molecule has 7 heavy (non-hydrogen) atoms. The van der Waals surface area contributed by atoms with E-state index in [-0.39, 0.29) is 5.91 Å². The monoisotopic (exact) mass is 119 g/mol. The number of carbonyl (C=O) groups is 1. The Balaban J connectivity index is 3.00. The Kier molecular flexibility index (Phi) is 3.89. The van der Waals surface area contributed by atoms with Crippen molar-refractivity contribution in [2.24, 2.45) is 0 Å². The summed E-state index contributed by atoms with van der Waals surface area (Å²) in [5, 5.41) is 2.48. The summed E-state index contributed by atoms with van der Waals surface area (Å²) < 4.78 is 0. The van der Waals surface area contributed by atoms with Gasteiger partial charge in [0.25, 0.3) is 0 Å². The predicted molar refractivity (Wildman–Crippen MR) is 32.5 cm³/mol. The van der Waals surface area contributed by atoms with Gasteiger partial charge < -0.3 is 5.32 Å². The smallest absolute Gasteiger partial charge is 0.220 e. The van der Waals surface area contributed by atoms with Gasteiger partial charge in [-0.2, -0.15) is 12.6 Å². The number of carbonyl (C=O) groups excluding carboxylic acids is 1. The van der Waals surface area contributed by atoms with E-state index in [2.05, 4.69) is 17.9 Å². The summed E-state index contributed by atoms with van der Waals surface area (Å²) in [7, 11) is 1.62. The lowest BCUT2D eigenvalue weighted by atomic mass is 10.5. The van der Waals surface area contributed by atoms with Crippen LogP contribution >= 0.6 is 12.6 Å². The highest BCUT2D eigenvalue weighted by atomic mass is 32.1. The molecule has 0 bridgehead atoms. The van der Waals surface area contributed by atoms with Crippen LogP contribution in [0.1, 0.15) is 6.42 Å². The van der Waals surface area contributed by atoms with Gasteiger partial charge in [0, 0.05) is 13.5 Å². The van der Waals surface area contributed by atoms with E-state index in [0.717, 1.165) is 0 Å². The van der Waals surface area contributed by atoms with Crippen molar-refractivity contribution in [3.63, 3.8) is 0 Å². The Morgan fingerprint density at radius 3 is 2.57 bits per heavy atom. The molecule has 0 aliphatic carbocycles. The number of rotatable bonds is 2. The van der Waals surface area contributed by atoms with Gasteiger partial charge in [-0.05, 0) is 5.75 Å². The zero-order chi connectivity index (χ0) is 5.70. The Morgan fingerprint density at radius 2 is 2.43 bits per heavy atom. The minimum atomic E-state index is 0.0509. The van der Waals surface area contributed by atoms with Gasteiger partial charge in [0.05, 0.1) is 0 Å². The van der Waals surface area contributed by atoms with E-state index >= 15 is 0 Å². The maximum atomic E-state index is 10.3. The molecule has 0 saturated heterocycles. The largest absolute Gasteiger partial charge is 0.359 e. The van der Waals surface area contributed by atoms with Crippen LogP contribution < -0.4 is 5.32 Å². The van der Waals surface area contributed by atoms with Crippen LogP contribution in [0, 0.1) is 0 Å². The Morgan fingerprint density at radius 1 is 1.86 bits per heavy atom. The van der Waals surface area contributed by atoms with E-state index in [1.165, 1.54) is 0 Å². The molecule has 0 radical (unpaired) electrons. The SMILES string of the molecule is CNC(=O)CCS. The van der Waals surface area contributed by atoms with Crippen molar-refractivity contribution in [3.8, 4) is 0 Å². The van der Waals surface area contributed by atoms with Crippen LogP contribution in [-0.2, 0) is 4.79 Å². The number of amides is 1. The normalized spacial score (nSPS) is 8.29. The minimum Gasteiger partial charge on any atom is -0.359 e. The lowest BCUT2D eigenvalue weighted by molar-refractivity contribution is -0.120. The Bertz CT molecular complexity index is 64.7. The first-order valence-corrected chi connectivity index (χ1v) is 2.76. The fourth-order valence-corrected chi connectivity index (χ4v) is 0.430. The first-order chi connectivity index (χ1) is 3.31. The summed E-state index contributed by atoms with van der Waals surface area (Å²) in [4.78, 5) is 10.3. The first-order valence-electron chi connectivity index (χ1n) is 2.12. The fraction of sp³-hybridized carbons (Fsp3) is 0.750. The van der Waals surface area contributed by atoms with Crippen LogP contribution in [0.5, 0.6) is 0 Å². The van der Waals surface area contributed by atoms with Gasteiger partial charge in [-0.3, -0.25) is 4.79 Å². The molecule has 0 heterocycles. The number of hydrogen-bond donors (Lipinski definition) is 2. The lowest BCUT2D eigenvalue weighted by Gasteiger charge is -1.90. The maximum Gasteiger partial charge on any atom is 0.220 e. The third kappa shape index (κ3) is 3.66. The van der Waals surface area contributed by atoms with Crippen LogP contribution in [0.2, 0.25) is 0 Å². The molecule has 0 aromatic heterocycles. The quantitative estimate of drug-likeness (QED) is 0.494. The van der Waals surface area contributed by atoms with Crippen LogP contribution in [0.3, 0.4) is 0 Å². The molecule has 0 atom stereocenters. The summed E-state index contributed by atoms with van der Waals surface area (Å²) in [6.45, 7) is 0. The molecule has 0 fully saturated rings. The number of thiol groups is 1. The van der Waals surface area contributed by atoms with Crippen molar-refractivity contribution in [2.45, 2.75) is 6.42 Å². The predicted octanol–water partition coefficient (Wildman–Crippen LogP) is 0.0523. The molecular formula is C4H9NOS. The van der Waals surface area contributed by atoms with Gasteiger partial charge in [-0.15, -0.1) is 0 Å². The molecule has 42 valence electrons. The average Bonchev–Trinajstić information content (AvgIpc) is 1.68. The average molecular weight is 119 g/mol. The van der Waals surface area contributed by atoms with Crippen molar-refractivity contribution in [2.75, 3.05) is 12.8 Å². The fourth-order valence-electron chi connectivity index (χ4n) is 0.227. The molecule has 1 N–H and O–H groups in total. The van der Waals surface area contributed by atoms with Crippen molar-refractivity contribution < 1.29 is 4.79 Å². The summed E-state index contributed by atoms with van der Waals surface area (Å²) in [5.74, 6) is 0.676. The highest BCUT2D eigenvalue weighted by molar-refractivity contribution is 7.80. The third-order valence-electron chi connectivity index (χ3n) is 0.618. The highest BCUT2D eigenvalue weighted by Gasteiger charge is 1.90. The van der Waals surface area contributed by atoms with Gasteiger partial charge in [0.1, 0.15) is 0 Å². The topological polar surface area (TPSA) is 29.1 Å². The summed E-state index contributed by atoms with van der Waals surface area (Å²) in [5.41, 5.74) is 0. The van der Waals surface area contributed by atoms with Gasteiger partial charge in [-0.1, -0.05) is 0 Å². The van der Waals surface area contributed by atoms with Crippen molar-refractivity contribution in [3.05, 3.63) is 0 Å². The van der Waals surface area contributed by atoms with E-state index in [1.807, 2.05) is 0 Å². The zero-order valence-corrected chi connectivity index (χ0v) is 5.16. The van der Waals surface area contributed by atoms with Crippen LogP contribution in [0.25, 0.3) is 0 Å². The van der Waals surface area contributed by atoms with Crippen molar-refractivity contribution in [1.29, 1.82) is 0 Å². The Labute approximate surface area is 48.7 Å². The van der Waals surface area contributed by atoms with Crippen LogP contribution in [0.15, 0.2) is 0 Å². The zero-order valence-electron chi connectivity index (χ0n) is 4.27. The van der Waals surface area contributed by atoms with Crippen molar-refractivity contribution >= 4 is 18.5 Å². The Hall–Kier alpha value is -0.180. The minimum absolute atomic E-state index is 0.0509. The second-order valence-corrected chi connectivity index (χ2v) is 1.59. The number of hydrogen-bond acceptors (Lipinski definition) is 2. The lowest BCUT2D eigenvalue weighted by Crippen LogP contribution is -2.17. The van der Waals surface area contributed by atoms with E-state index < -0.39 is 0 Å². The molecule has 0 aromatic rings. The van der Waals surface area contributed by atoms with Gasteiger partial charge in [0.15, 0.2) is 0 Å². The molecule has 0 rings (SSSR count). The van der Waals surface area contributed by atoms with Gasteiger partial charge >= 0.3 is 0 Å². The molecule has 0 unspecified atom stereocenters. The molecule has 0 spiro atoms. The first kappa shape index (κ1) is 6.82. The molecule has 0 aliphatic rings. The molecule has 3 heteroatoms. The van der Waals surface area contributed by atoms with E-state index in [0.29, 0.717) is 12.2 Å². The molecule has 0 aromatic carbocycles. The standard InChI is InChI=1S/C4H9NOS/c1-5-4(6)2-3-7/h7H,2-3H2,1H3,(H,5,6). The summed E-state index contributed by atoms with van der Waals surface area (Å²) >= 11 is 3.85. The van der Waals surface area contributed by atoms with E-state index in [4.69, 9.17) is 0 Å². The number of nitrogens with one attached hydrogen (secondary N) is 1. The third-order valence-corrected chi connectivity index (χ3v) is 0.841. The van der Waals surface area contributed by atoms with Gasteiger partial charge in [0.2, 0.25) is 5.91 Å². The molecule has 1 amide bonds. The van der Waals surface area contributed by atoms with E-state index in [9.17, 15) is 4.79 Å². The maximum absolute atomic E-state index is 10.3. The second-order valence-electron chi connectivity index (χ2n) is 1.15. The highest BCUT2D eigenvalue weighted by Crippen LogP contribution is 1.80. The van der Waals surface area contributed by atoms with E-state index in [1.54, 1.807) is 7.05 Å². The van der Waals surface area contributed by atoms with Crippen molar-refractivity contribution in [1.82, 2.24) is 5.32 Å². The summed E-state index contributed by atoms with van der Waals surface area (Å²) in [6, 6.07) is 0. The molecule has 0 aliphatic heterocycles. The molecular weight excluding hydrogens is 110 g/mol. The second kappa shape index (κ2) is 3.99. The summed E-state index contributed by atoms with van der Waals surface area (Å²) in [6.07, 6.45) is 0.514. The molecule has 0 saturated carbocycles. The van der Waals surface area contributed by atoms with Gasteiger partial charge in [-0.25, -0.2) is 0 Å². The van der Waals surface area contributed by atoms with Crippen LogP contribution in [-0.4, -0.2) is 18.7 Å². The van der Waals surface area contributed by atoms with Crippen LogP contribution in [0.4, 0.5) is 0 Å².